The zero-order valence-corrected chi connectivity index (χ0v) is 20.5. The Balaban J connectivity index is 2.19. The molecule has 0 radical (unpaired) electrons. The highest BCUT2D eigenvalue weighted by Gasteiger charge is 2.24. The van der Waals surface area contributed by atoms with Crippen molar-refractivity contribution >= 4 is 0 Å². The van der Waals surface area contributed by atoms with E-state index in [1.165, 1.54) is 135 Å². The quantitative estimate of drug-likeness (QED) is 0.176. The highest BCUT2D eigenvalue weighted by molar-refractivity contribution is 4.96. The minimum atomic E-state index is 0.645. The van der Waals surface area contributed by atoms with E-state index >= 15 is 0 Å². The van der Waals surface area contributed by atoms with Gasteiger partial charge in [0.25, 0.3) is 0 Å². The first kappa shape index (κ1) is 26.4. The maximum Gasteiger partial charge on any atom is 0.101 e. The van der Waals surface area contributed by atoms with Crippen LogP contribution in [-0.4, -0.2) is 29.1 Å². The summed E-state index contributed by atoms with van der Waals surface area (Å²) in [4.78, 5) is 5.29. The number of rotatable bonds is 21. The lowest BCUT2D eigenvalue weighted by molar-refractivity contribution is 0.136. The molecular formula is C27H54N2. The molecule has 0 aromatic carbocycles. The molecule has 0 saturated carbocycles. The second-order valence-electron chi connectivity index (χ2n) is 9.35. The summed E-state index contributed by atoms with van der Waals surface area (Å²) in [6.07, 6.45) is 32.1. The molecule has 0 aromatic rings. The largest absolute Gasteiger partial charge is 0.356 e. The van der Waals surface area contributed by atoms with Crippen LogP contribution in [0.2, 0.25) is 0 Å². The van der Waals surface area contributed by atoms with Crippen LogP contribution in [-0.2, 0) is 0 Å². The number of nitrogens with zero attached hydrogens (tertiary/aromatic N) is 2. The molecule has 0 aliphatic carbocycles. The maximum atomic E-state index is 2.66. The molecule has 1 atom stereocenters. The highest BCUT2D eigenvalue weighted by atomic mass is 15.4. The van der Waals surface area contributed by atoms with E-state index in [1.54, 1.807) is 0 Å². The van der Waals surface area contributed by atoms with Crippen LogP contribution in [0.3, 0.4) is 0 Å². The summed E-state index contributed by atoms with van der Waals surface area (Å²) in [6, 6.07) is 0. The van der Waals surface area contributed by atoms with Crippen LogP contribution in [0.5, 0.6) is 0 Å². The molecule has 1 heterocycles. The van der Waals surface area contributed by atoms with Crippen molar-refractivity contribution in [2.24, 2.45) is 0 Å². The van der Waals surface area contributed by atoms with E-state index < -0.39 is 0 Å². The summed E-state index contributed by atoms with van der Waals surface area (Å²) in [5, 5.41) is 0. The topological polar surface area (TPSA) is 6.48 Å². The smallest absolute Gasteiger partial charge is 0.101 e. The molecule has 0 amide bonds. The molecule has 2 heteroatoms. The molecule has 0 N–H and O–H groups in total. The second kappa shape index (κ2) is 19.3. The fourth-order valence-electron chi connectivity index (χ4n) is 4.57. The predicted octanol–water partition coefficient (Wildman–Crippen LogP) is 8.87. The summed E-state index contributed by atoms with van der Waals surface area (Å²) in [7, 11) is 0. The van der Waals surface area contributed by atoms with Gasteiger partial charge >= 0.3 is 0 Å². The van der Waals surface area contributed by atoms with E-state index in [2.05, 4.69) is 43.0 Å². The molecule has 1 unspecified atom stereocenters. The summed E-state index contributed by atoms with van der Waals surface area (Å²) >= 11 is 0. The third kappa shape index (κ3) is 13.3. The zero-order chi connectivity index (χ0) is 21.0. The van der Waals surface area contributed by atoms with Crippen molar-refractivity contribution < 1.29 is 0 Å². The zero-order valence-electron chi connectivity index (χ0n) is 20.5. The van der Waals surface area contributed by atoms with Crippen LogP contribution in [0.1, 0.15) is 143 Å². The lowest BCUT2D eigenvalue weighted by Gasteiger charge is -2.33. The van der Waals surface area contributed by atoms with E-state index in [-0.39, 0.29) is 0 Å². The molecule has 0 fully saturated rings. The van der Waals surface area contributed by atoms with Crippen LogP contribution in [0.4, 0.5) is 0 Å². The van der Waals surface area contributed by atoms with E-state index in [4.69, 9.17) is 0 Å². The van der Waals surface area contributed by atoms with Crippen molar-refractivity contribution in [3.8, 4) is 0 Å². The van der Waals surface area contributed by atoms with E-state index in [0.29, 0.717) is 6.17 Å². The fourth-order valence-corrected chi connectivity index (χ4v) is 4.57. The van der Waals surface area contributed by atoms with Crippen LogP contribution in [0.25, 0.3) is 0 Å². The predicted molar refractivity (Wildman–Crippen MR) is 131 cm³/mol. The van der Waals surface area contributed by atoms with E-state index in [1.807, 2.05) is 0 Å². The van der Waals surface area contributed by atoms with Crippen LogP contribution >= 0.6 is 0 Å². The molecule has 1 aliphatic heterocycles. The molecule has 0 bridgehead atoms. The normalized spacial score (nSPS) is 16.3. The van der Waals surface area contributed by atoms with Crippen molar-refractivity contribution in [2.75, 3.05) is 13.1 Å². The van der Waals surface area contributed by atoms with Crippen molar-refractivity contribution in [2.45, 2.75) is 149 Å². The Morgan fingerprint density at radius 2 is 0.828 bits per heavy atom. The highest BCUT2D eigenvalue weighted by Crippen LogP contribution is 2.23. The second-order valence-corrected chi connectivity index (χ2v) is 9.35. The van der Waals surface area contributed by atoms with Gasteiger partial charge in [-0.1, -0.05) is 117 Å². The van der Waals surface area contributed by atoms with Gasteiger partial charge in [-0.15, -0.1) is 0 Å². The average Bonchev–Trinajstić information content (AvgIpc) is 3.12. The molecule has 1 aliphatic rings. The van der Waals surface area contributed by atoms with Crippen molar-refractivity contribution in [3.05, 3.63) is 12.4 Å². The van der Waals surface area contributed by atoms with Gasteiger partial charge in [0.2, 0.25) is 0 Å². The summed E-state index contributed by atoms with van der Waals surface area (Å²) in [6.45, 7) is 9.42. The lowest BCUT2D eigenvalue weighted by Crippen LogP contribution is -2.39. The standard InChI is InChI=1S/C27H54N2/c1-4-7-10-12-14-15-17-19-21-24-29-26-25-28(23-9-6-3)27(29)22-20-18-16-13-11-8-5-2/h25-27H,4-24H2,1-3H3. The molecular weight excluding hydrogens is 352 g/mol. The Labute approximate surface area is 184 Å². The SMILES string of the molecule is CCCCCCCCCCCN1C=CN(CCCC)C1CCCCCCCCC. The van der Waals surface area contributed by atoms with Gasteiger partial charge in [0.1, 0.15) is 6.17 Å². The monoisotopic (exact) mass is 406 g/mol. The Morgan fingerprint density at radius 1 is 0.448 bits per heavy atom. The first-order valence-corrected chi connectivity index (χ1v) is 13.5. The first-order valence-electron chi connectivity index (χ1n) is 13.5. The van der Waals surface area contributed by atoms with Crippen LogP contribution in [0, 0.1) is 0 Å². The van der Waals surface area contributed by atoms with Gasteiger partial charge in [-0.2, -0.15) is 0 Å². The minimum absolute atomic E-state index is 0.645. The molecule has 0 spiro atoms. The lowest BCUT2D eigenvalue weighted by atomic mass is 10.1. The van der Waals surface area contributed by atoms with Gasteiger partial charge in [0, 0.05) is 25.5 Å². The Morgan fingerprint density at radius 3 is 1.31 bits per heavy atom. The number of unbranched alkanes of at least 4 members (excludes halogenated alkanes) is 15. The minimum Gasteiger partial charge on any atom is -0.356 e. The molecule has 172 valence electrons. The maximum absolute atomic E-state index is 2.66. The molecule has 0 aromatic heterocycles. The van der Waals surface area contributed by atoms with Crippen LogP contribution < -0.4 is 0 Å². The van der Waals surface area contributed by atoms with E-state index in [9.17, 15) is 0 Å². The summed E-state index contributed by atoms with van der Waals surface area (Å²) in [5.74, 6) is 0. The molecule has 2 nitrogen and oxygen atoms in total. The van der Waals surface area contributed by atoms with Gasteiger partial charge in [-0.3, -0.25) is 0 Å². The fraction of sp³-hybridized carbons (Fsp3) is 0.926. The van der Waals surface area contributed by atoms with Gasteiger partial charge in [-0.05, 0) is 25.7 Å². The van der Waals surface area contributed by atoms with Crippen LogP contribution in [0.15, 0.2) is 12.4 Å². The summed E-state index contributed by atoms with van der Waals surface area (Å²) < 4.78 is 0. The molecule has 0 saturated heterocycles. The Hall–Kier alpha value is -0.660. The molecule has 29 heavy (non-hydrogen) atoms. The molecule has 1 rings (SSSR count). The van der Waals surface area contributed by atoms with Crippen molar-refractivity contribution in [1.29, 1.82) is 0 Å². The average molecular weight is 407 g/mol. The van der Waals surface area contributed by atoms with Crippen molar-refractivity contribution in [1.82, 2.24) is 9.80 Å². The third-order valence-electron chi connectivity index (χ3n) is 6.57. The Bertz CT molecular complexity index is 366. The van der Waals surface area contributed by atoms with Gasteiger partial charge in [-0.25, -0.2) is 0 Å². The van der Waals surface area contributed by atoms with Gasteiger partial charge in [0.15, 0.2) is 0 Å². The summed E-state index contributed by atoms with van der Waals surface area (Å²) in [5.41, 5.74) is 0. The van der Waals surface area contributed by atoms with E-state index in [0.717, 1.165) is 0 Å². The van der Waals surface area contributed by atoms with Gasteiger partial charge < -0.3 is 9.80 Å². The van der Waals surface area contributed by atoms with Gasteiger partial charge in [0.05, 0.1) is 0 Å². The Kier molecular flexibility index (Phi) is 17.6. The van der Waals surface area contributed by atoms with Crippen molar-refractivity contribution in [3.63, 3.8) is 0 Å². The number of hydrogen-bond acceptors (Lipinski definition) is 2. The number of hydrogen-bond donors (Lipinski definition) is 0. The third-order valence-corrected chi connectivity index (χ3v) is 6.57. The first-order chi connectivity index (χ1) is 14.3.